The quantitative estimate of drug-likeness (QED) is 0.501. The third-order valence-corrected chi connectivity index (χ3v) is 6.24. The molecule has 0 saturated heterocycles. The Morgan fingerprint density at radius 3 is 2.73 bits per heavy atom. The van der Waals surface area contributed by atoms with Gasteiger partial charge >= 0.3 is 0 Å². The molecule has 0 aliphatic carbocycles. The summed E-state index contributed by atoms with van der Waals surface area (Å²) in [6.07, 6.45) is 4.03. The fourth-order valence-electron chi connectivity index (χ4n) is 2.93. The number of thiazole rings is 1. The number of carbonyl (C=O) groups is 1. The zero-order chi connectivity index (χ0) is 21.3. The number of pyridine rings is 1. The van der Waals surface area contributed by atoms with Crippen molar-refractivity contribution in [2.75, 3.05) is 11.6 Å². The Labute approximate surface area is 176 Å². The van der Waals surface area contributed by atoms with Gasteiger partial charge < -0.3 is 4.52 Å². The SMILES string of the molecule is Cc1cccnc1-c1csc(NC(=O)c2cnoc2-c2ccccc2S(C)(=O)=O)n1. The molecule has 1 aromatic carbocycles. The molecule has 0 spiro atoms. The van der Waals surface area contributed by atoms with Crippen LogP contribution in [-0.4, -0.2) is 35.7 Å². The van der Waals surface area contributed by atoms with E-state index in [1.807, 2.05) is 19.1 Å². The van der Waals surface area contributed by atoms with Crippen molar-refractivity contribution < 1.29 is 17.7 Å². The molecule has 0 fully saturated rings. The number of anilines is 1. The first-order valence-electron chi connectivity index (χ1n) is 8.77. The van der Waals surface area contributed by atoms with Gasteiger partial charge in [-0.25, -0.2) is 13.4 Å². The molecule has 10 heteroatoms. The molecule has 0 atom stereocenters. The van der Waals surface area contributed by atoms with Gasteiger partial charge in [-0.2, -0.15) is 0 Å². The van der Waals surface area contributed by atoms with Crippen molar-refractivity contribution in [3.8, 4) is 22.7 Å². The Balaban J connectivity index is 1.64. The topological polar surface area (TPSA) is 115 Å². The molecule has 1 N–H and O–H groups in total. The molecule has 0 bridgehead atoms. The van der Waals surface area contributed by atoms with Crippen LogP contribution in [0.1, 0.15) is 15.9 Å². The lowest BCUT2D eigenvalue weighted by atomic mass is 10.1. The predicted molar refractivity (Wildman–Crippen MR) is 113 cm³/mol. The molecule has 30 heavy (non-hydrogen) atoms. The summed E-state index contributed by atoms with van der Waals surface area (Å²) in [5, 5.41) is 8.59. The van der Waals surface area contributed by atoms with E-state index in [-0.39, 0.29) is 21.8 Å². The molecular weight excluding hydrogens is 424 g/mol. The van der Waals surface area contributed by atoms with Gasteiger partial charge in [0.05, 0.1) is 16.8 Å². The van der Waals surface area contributed by atoms with E-state index in [0.717, 1.165) is 17.5 Å². The lowest BCUT2D eigenvalue weighted by Gasteiger charge is -2.06. The largest absolute Gasteiger partial charge is 0.355 e. The van der Waals surface area contributed by atoms with Crippen molar-refractivity contribution in [2.24, 2.45) is 0 Å². The van der Waals surface area contributed by atoms with Gasteiger partial charge in [0, 0.05) is 23.4 Å². The van der Waals surface area contributed by atoms with E-state index in [4.69, 9.17) is 4.52 Å². The van der Waals surface area contributed by atoms with Crippen molar-refractivity contribution >= 4 is 32.2 Å². The average Bonchev–Trinajstić information content (AvgIpc) is 3.37. The molecule has 3 heterocycles. The van der Waals surface area contributed by atoms with Gasteiger partial charge in [0.15, 0.2) is 20.7 Å². The number of nitrogens with one attached hydrogen (secondary N) is 1. The minimum absolute atomic E-state index is 0.0537. The summed E-state index contributed by atoms with van der Waals surface area (Å²) in [4.78, 5) is 21.6. The maximum atomic E-state index is 12.8. The van der Waals surface area contributed by atoms with Gasteiger partial charge in [-0.3, -0.25) is 15.1 Å². The van der Waals surface area contributed by atoms with E-state index in [1.165, 1.54) is 23.6 Å². The van der Waals surface area contributed by atoms with Crippen LogP contribution in [-0.2, 0) is 9.84 Å². The number of carbonyl (C=O) groups excluding carboxylic acids is 1. The summed E-state index contributed by atoms with van der Waals surface area (Å²) >= 11 is 1.26. The van der Waals surface area contributed by atoms with E-state index in [9.17, 15) is 13.2 Å². The molecule has 0 unspecified atom stereocenters. The normalized spacial score (nSPS) is 11.4. The Morgan fingerprint density at radius 2 is 1.97 bits per heavy atom. The first-order valence-corrected chi connectivity index (χ1v) is 11.5. The zero-order valence-corrected chi connectivity index (χ0v) is 17.6. The lowest BCUT2D eigenvalue weighted by molar-refractivity contribution is 0.102. The molecule has 8 nitrogen and oxygen atoms in total. The number of benzene rings is 1. The monoisotopic (exact) mass is 440 g/mol. The fraction of sp³-hybridized carbons (Fsp3) is 0.100. The predicted octanol–water partition coefficient (Wildman–Crippen LogP) is 3.82. The number of nitrogens with zero attached hydrogens (tertiary/aromatic N) is 3. The Kier molecular flexibility index (Phi) is 5.18. The summed E-state index contributed by atoms with van der Waals surface area (Å²) in [5.41, 5.74) is 2.74. The molecule has 0 saturated carbocycles. The van der Waals surface area contributed by atoms with Crippen molar-refractivity contribution in [2.45, 2.75) is 11.8 Å². The van der Waals surface area contributed by atoms with Crippen LogP contribution < -0.4 is 5.32 Å². The second-order valence-electron chi connectivity index (χ2n) is 6.50. The van der Waals surface area contributed by atoms with E-state index in [0.29, 0.717) is 10.8 Å². The highest BCUT2D eigenvalue weighted by Crippen LogP contribution is 2.31. The van der Waals surface area contributed by atoms with E-state index in [2.05, 4.69) is 20.4 Å². The number of rotatable bonds is 5. The highest BCUT2D eigenvalue weighted by Gasteiger charge is 2.24. The molecule has 4 aromatic rings. The minimum atomic E-state index is -3.53. The third kappa shape index (κ3) is 3.87. The zero-order valence-electron chi connectivity index (χ0n) is 16.0. The molecule has 0 aliphatic rings. The summed E-state index contributed by atoms with van der Waals surface area (Å²) in [6, 6.07) is 10.1. The van der Waals surface area contributed by atoms with Crippen LogP contribution in [0.5, 0.6) is 0 Å². The highest BCUT2D eigenvalue weighted by atomic mass is 32.2. The standard InChI is InChI=1S/C20H16N4O4S2/c1-12-6-5-9-21-17(12)15-11-29-20(23-15)24-19(25)14-10-22-28-18(14)13-7-3-4-8-16(13)30(2,26)27/h3-11H,1-2H3,(H,23,24,25). The lowest BCUT2D eigenvalue weighted by Crippen LogP contribution is -2.12. The Hall–Kier alpha value is -3.37. The average molecular weight is 441 g/mol. The van der Waals surface area contributed by atoms with Crippen LogP contribution in [0.15, 0.2) is 63.6 Å². The van der Waals surface area contributed by atoms with Gasteiger partial charge in [-0.1, -0.05) is 23.4 Å². The summed E-state index contributed by atoms with van der Waals surface area (Å²) in [5.74, 6) is -0.431. The minimum Gasteiger partial charge on any atom is -0.355 e. The summed E-state index contributed by atoms with van der Waals surface area (Å²) in [6.45, 7) is 1.93. The van der Waals surface area contributed by atoms with Gasteiger partial charge in [-0.05, 0) is 30.7 Å². The van der Waals surface area contributed by atoms with Gasteiger partial charge in [0.1, 0.15) is 11.3 Å². The van der Waals surface area contributed by atoms with Crippen LogP contribution in [0.2, 0.25) is 0 Å². The number of aromatic nitrogens is 3. The molecule has 0 radical (unpaired) electrons. The van der Waals surface area contributed by atoms with Crippen molar-refractivity contribution in [1.82, 2.24) is 15.1 Å². The van der Waals surface area contributed by atoms with Gasteiger partial charge in [-0.15, -0.1) is 11.3 Å². The first-order chi connectivity index (χ1) is 14.3. The summed E-state index contributed by atoms with van der Waals surface area (Å²) in [7, 11) is -3.53. The van der Waals surface area contributed by atoms with Crippen molar-refractivity contribution in [3.05, 3.63) is 65.3 Å². The van der Waals surface area contributed by atoms with Crippen LogP contribution in [0.25, 0.3) is 22.7 Å². The van der Waals surface area contributed by atoms with E-state index < -0.39 is 15.7 Å². The fourth-order valence-corrected chi connectivity index (χ4v) is 4.51. The molecular formula is C20H16N4O4S2. The van der Waals surface area contributed by atoms with Gasteiger partial charge in [0.25, 0.3) is 5.91 Å². The number of aryl methyl sites for hydroxylation is 1. The van der Waals surface area contributed by atoms with Crippen molar-refractivity contribution in [1.29, 1.82) is 0 Å². The summed E-state index contributed by atoms with van der Waals surface area (Å²) < 4.78 is 29.5. The van der Waals surface area contributed by atoms with Crippen LogP contribution >= 0.6 is 11.3 Å². The van der Waals surface area contributed by atoms with Crippen LogP contribution in [0.3, 0.4) is 0 Å². The number of sulfone groups is 1. The number of amides is 1. The molecule has 152 valence electrons. The second-order valence-corrected chi connectivity index (χ2v) is 9.34. The number of hydrogen-bond donors (Lipinski definition) is 1. The molecule has 4 rings (SSSR count). The third-order valence-electron chi connectivity index (χ3n) is 4.32. The smallest absolute Gasteiger partial charge is 0.263 e. The first kappa shape index (κ1) is 19.9. The molecule has 1 amide bonds. The van der Waals surface area contributed by atoms with E-state index >= 15 is 0 Å². The highest BCUT2D eigenvalue weighted by molar-refractivity contribution is 7.90. The maximum absolute atomic E-state index is 12.8. The Morgan fingerprint density at radius 1 is 1.17 bits per heavy atom. The van der Waals surface area contributed by atoms with E-state index in [1.54, 1.807) is 29.8 Å². The molecule has 3 aromatic heterocycles. The molecule has 0 aliphatic heterocycles. The second kappa shape index (κ2) is 7.81. The van der Waals surface area contributed by atoms with Crippen molar-refractivity contribution in [3.63, 3.8) is 0 Å². The van der Waals surface area contributed by atoms with Gasteiger partial charge in [0.2, 0.25) is 0 Å². The maximum Gasteiger partial charge on any atom is 0.263 e. The van der Waals surface area contributed by atoms with Crippen LogP contribution in [0, 0.1) is 6.92 Å². The number of hydrogen-bond acceptors (Lipinski definition) is 8. The van der Waals surface area contributed by atoms with Crippen LogP contribution in [0.4, 0.5) is 5.13 Å². The Bertz CT molecular complexity index is 1340.